The smallest absolute Gasteiger partial charge is 0.249 e. The highest BCUT2D eigenvalue weighted by molar-refractivity contribution is 5.67. The Labute approximate surface area is 162 Å². The van der Waals surface area contributed by atoms with Crippen molar-refractivity contribution in [3.63, 3.8) is 0 Å². The van der Waals surface area contributed by atoms with Gasteiger partial charge in [0.25, 0.3) is 0 Å². The van der Waals surface area contributed by atoms with Crippen LogP contribution in [-0.4, -0.2) is 43.6 Å². The molecule has 9 nitrogen and oxygen atoms in total. The predicted molar refractivity (Wildman–Crippen MR) is 105 cm³/mol. The van der Waals surface area contributed by atoms with E-state index >= 15 is 0 Å². The Bertz CT molecular complexity index is 951. The number of methoxy groups -OCH3 is 4. The summed E-state index contributed by atoms with van der Waals surface area (Å²) in [6.07, 6.45) is 1.51. The largest absolute Gasteiger partial charge is 0.497 e. The van der Waals surface area contributed by atoms with Gasteiger partial charge in [-0.05, 0) is 24.3 Å². The number of ether oxygens (including phenoxy) is 4. The molecule has 0 fully saturated rings. The summed E-state index contributed by atoms with van der Waals surface area (Å²) < 4.78 is 21.2. The second kappa shape index (κ2) is 8.76. The van der Waals surface area contributed by atoms with Crippen LogP contribution in [0, 0.1) is 0 Å². The molecule has 3 aromatic rings. The zero-order valence-corrected chi connectivity index (χ0v) is 16.0. The maximum absolute atomic E-state index is 5.37. The predicted octanol–water partition coefficient (Wildman–Crippen LogP) is 3.39. The fourth-order valence-electron chi connectivity index (χ4n) is 2.51. The average molecular weight is 383 g/mol. The molecule has 2 aromatic carbocycles. The molecule has 0 aliphatic heterocycles. The Hall–Kier alpha value is -3.75. The van der Waals surface area contributed by atoms with Gasteiger partial charge in [0.15, 0.2) is 17.3 Å². The Morgan fingerprint density at radius 2 is 1.50 bits per heavy atom. The van der Waals surface area contributed by atoms with E-state index in [-0.39, 0.29) is 0 Å². The molecule has 0 aliphatic carbocycles. The first-order chi connectivity index (χ1) is 13.7. The summed E-state index contributed by atoms with van der Waals surface area (Å²) in [5.74, 6) is 3.37. The minimum absolute atomic E-state index is 0.319. The highest BCUT2D eigenvalue weighted by Gasteiger charge is 2.09. The summed E-state index contributed by atoms with van der Waals surface area (Å²) in [4.78, 5) is 4.43. The lowest BCUT2D eigenvalue weighted by Crippen LogP contribution is -2.03. The first-order valence-corrected chi connectivity index (χ1v) is 8.34. The van der Waals surface area contributed by atoms with Crippen LogP contribution in [0.4, 0.5) is 23.1 Å². The molecule has 0 bridgehead atoms. The van der Waals surface area contributed by atoms with Crippen molar-refractivity contribution in [2.75, 3.05) is 39.1 Å². The number of rotatable bonds is 8. The van der Waals surface area contributed by atoms with Crippen LogP contribution in [0.1, 0.15) is 0 Å². The fourth-order valence-corrected chi connectivity index (χ4v) is 2.51. The van der Waals surface area contributed by atoms with Gasteiger partial charge in [0.1, 0.15) is 11.5 Å². The second-order valence-corrected chi connectivity index (χ2v) is 5.55. The molecule has 3 rings (SSSR count). The minimum atomic E-state index is 0.319. The Morgan fingerprint density at radius 3 is 2.21 bits per heavy atom. The SMILES string of the molecule is COc1ccc(OC)c(Nc2cnnc(Nc3ccc(OC)c(OC)c3)n2)c1. The van der Waals surface area contributed by atoms with Crippen LogP contribution in [0.15, 0.2) is 42.6 Å². The maximum Gasteiger partial charge on any atom is 0.249 e. The van der Waals surface area contributed by atoms with Gasteiger partial charge in [-0.25, -0.2) is 0 Å². The van der Waals surface area contributed by atoms with E-state index in [0.717, 1.165) is 5.69 Å². The zero-order valence-electron chi connectivity index (χ0n) is 16.0. The monoisotopic (exact) mass is 383 g/mol. The van der Waals surface area contributed by atoms with E-state index in [4.69, 9.17) is 18.9 Å². The van der Waals surface area contributed by atoms with Gasteiger partial charge in [-0.15, -0.1) is 5.10 Å². The molecular weight excluding hydrogens is 362 g/mol. The van der Waals surface area contributed by atoms with Crippen LogP contribution in [0.5, 0.6) is 23.0 Å². The van der Waals surface area contributed by atoms with Crippen LogP contribution in [0.25, 0.3) is 0 Å². The lowest BCUT2D eigenvalue weighted by atomic mass is 10.2. The molecule has 0 aliphatic rings. The van der Waals surface area contributed by atoms with Gasteiger partial charge in [0.2, 0.25) is 5.95 Å². The summed E-state index contributed by atoms with van der Waals surface area (Å²) in [5, 5.41) is 14.2. The van der Waals surface area contributed by atoms with Crippen LogP contribution in [0.2, 0.25) is 0 Å². The third-order valence-corrected chi connectivity index (χ3v) is 3.87. The quantitative estimate of drug-likeness (QED) is 0.606. The van der Waals surface area contributed by atoms with E-state index in [1.54, 1.807) is 46.6 Å². The van der Waals surface area contributed by atoms with E-state index in [1.807, 2.05) is 18.2 Å². The van der Waals surface area contributed by atoms with Crippen molar-refractivity contribution < 1.29 is 18.9 Å². The number of anilines is 4. The minimum Gasteiger partial charge on any atom is -0.497 e. The van der Waals surface area contributed by atoms with E-state index in [1.165, 1.54) is 6.20 Å². The molecule has 0 unspecified atom stereocenters. The van der Waals surface area contributed by atoms with Gasteiger partial charge in [0.05, 0.1) is 40.3 Å². The van der Waals surface area contributed by atoms with Crippen molar-refractivity contribution in [1.82, 2.24) is 15.2 Å². The molecular formula is C19H21N5O4. The van der Waals surface area contributed by atoms with Gasteiger partial charge < -0.3 is 29.6 Å². The highest BCUT2D eigenvalue weighted by atomic mass is 16.5. The molecule has 28 heavy (non-hydrogen) atoms. The van der Waals surface area contributed by atoms with Crippen LogP contribution in [-0.2, 0) is 0 Å². The van der Waals surface area contributed by atoms with Crippen LogP contribution in [0.3, 0.4) is 0 Å². The molecule has 0 saturated carbocycles. The first kappa shape index (κ1) is 19.0. The summed E-state index contributed by atoms with van der Waals surface area (Å²) in [6.45, 7) is 0. The van der Waals surface area contributed by atoms with Crippen LogP contribution >= 0.6 is 0 Å². The Kier molecular flexibility index (Phi) is 5.95. The third-order valence-electron chi connectivity index (χ3n) is 3.87. The van der Waals surface area contributed by atoms with Crippen molar-refractivity contribution in [2.45, 2.75) is 0 Å². The first-order valence-electron chi connectivity index (χ1n) is 8.34. The molecule has 2 N–H and O–H groups in total. The Morgan fingerprint density at radius 1 is 0.750 bits per heavy atom. The standard InChI is InChI=1S/C19H21N5O4/c1-25-13-6-8-15(26-2)14(10-13)22-18-11-20-24-19(23-18)21-12-5-7-16(27-3)17(9-12)28-4/h5-11H,1-4H3,(H2,21,22,23,24). The van der Waals surface area contributed by atoms with Gasteiger partial charge >= 0.3 is 0 Å². The van der Waals surface area contributed by atoms with Crippen molar-refractivity contribution in [3.8, 4) is 23.0 Å². The molecule has 9 heteroatoms. The summed E-state index contributed by atoms with van der Waals surface area (Å²) in [7, 11) is 6.35. The number of nitrogens with one attached hydrogen (secondary N) is 2. The Balaban J connectivity index is 1.81. The fraction of sp³-hybridized carbons (Fsp3) is 0.211. The van der Waals surface area contributed by atoms with E-state index in [9.17, 15) is 0 Å². The molecule has 1 heterocycles. The molecule has 0 saturated heterocycles. The normalized spacial score (nSPS) is 10.1. The second-order valence-electron chi connectivity index (χ2n) is 5.55. The molecule has 0 amide bonds. The molecule has 0 radical (unpaired) electrons. The van der Waals surface area contributed by atoms with E-state index < -0.39 is 0 Å². The number of nitrogens with zero attached hydrogens (tertiary/aromatic N) is 3. The van der Waals surface area contributed by atoms with Crippen molar-refractivity contribution in [2.24, 2.45) is 0 Å². The average Bonchev–Trinajstić information content (AvgIpc) is 2.73. The third kappa shape index (κ3) is 4.32. The van der Waals surface area contributed by atoms with E-state index in [2.05, 4.69) is 25.8 Å². The molecule has 0 spiro atoms. The van der Waals surface area contributed by atoms with Gasteiger partial charge in [-0.1, -0.05) is 0 Å². The summed E-state index contributed by atoms with van der Waals surface area (Å²) in [6, 6.07) is 10.8. The highest BCUT2D eigenvalue weighted by Crippen LogP contribution is 2.32. The lowest BCUT2D eigenvalue weighted by molar-refractivity contribution is 0.355. The van der Waals surface area contributed by atoms with Crippen molar-refractivity contribution >= 4 is 23.1 Å². The maximum atomic E-state index is 5.37. The zero-order chi connectivity index (χ0) is 19.9. The molecule has 146 valence electrons. The lowest BCUT2D eigenvalue weighted by Gasteiger charge is -2.13. The topological polar surface area (TPSA) is 99.7 Å². The summed E-state index contributed by atoms with van der Waals surface area (Å²) >= 11 is 0. The van der Waals surface area contributed by atoms with Gasteiger partial charge in [-0.3, -0.25) is 0 Å². The molecule has 0 atom stereocenters. The number of benzene rings is 2. The molecule has 1 aromatic heterocycles. The summed E-state index contributed by atoms with van der Waals surface area (Å²) in [5.41, 5.74) is 1.43. The number of hydrogen-bond donors (Lipinski definition) is 2. The van der Waals surface area contributed by atoms with Crippen molar-refractivity contribution in [3.05, 3.63) is 42.6 Å². The number of aromatic nitrogens is 3. The van der Waals surface area contributed by atoms with E-state index in [0.29, 0.717) is 40.5 Å². The van der Waals surface area contributed by atoms with Gasteiger partial charge in [0, 0.05) is 17.8 Å². The number of hydrogen-bond acceptors (Lipinski definition) is 9. The van der Waals surface area contributed by atoms with Crippen LogP contribution < -0.4 is 29.6 Å². The van der Waals surface area contributed by atoms with Crippen molar-refractivity contribution in [1.29, 1.82) is 0 Å². The van der Waals surface area contributed by atoms with Gasteiger partial charge in [-0.2, -0.15) is 10.1 Å².